The Hall–Kier alpha value is -1.48. The highest BCUT2D eigenvalue weighted by atomic mass is 35.5. The molecule has 0 radical (unpaired) electrons. The molecule has 2 N–H and O–H groups in total. The predicted octanol–water partition coefficient (Wildman–Crippen LogP) is 5.37. The van der Waals surface area contributed by atoms with Crippen molar-refractivity contribution in [1.82, 2.24) is 10.3 Å². The van der Waals surface area contributed by atoms with E-state index in [1.165, 1.54) is 49.7 Å². The van der Waals surface area contributed by atoms with Crippen LogP contribution in [-0.2, 0) is 0 Å². The summed E-state index contributed by atoms with van der Waals surface area (Å²) in [5.41, 5.74) is 6.47. The van der Waals surface area contributed by atoms with Crippen LogP contribution in [0.2, 0.25) is 0 Å². The zero-order valence-corrected chi connectivity index (χ0v) is 16.7. The first-order chi connectivity index (χ1) is 12.2. The summed E-state index contributed by atoms with van der Waals surface area (Å²) in [5.74, 6) is 2.92. The minimum absolute atomic E-state index is 0. The van der Waals surface area contributed by atoms with E-state index in [-0.39, 0.29) is 12.4 Å². The molecular formula is C22H30ClN3. The molecule has 6 rings (SSSR count). The van der Waals surface area contributed by atoms with Crippen LogP contribution in [0, 0.1) is 17.8 Å². The van der Waals surface area contributed by atoms with Gasteiger partial charge in [0.15, 0.2) is 0 Å². The minimum Gasteiger partial charge on any atom is -0.384 e. The third-order valence-corrected chi connectivity index (χ3v) is 7.11. The molecule has 3 nitrogen and oxygen atoms in total. The van der Waals surface area contributed by atoms with E-state index in [9.17, 15) is 0 Å². The molecule has 1 aliphatic heterocycles. The van der Waals surface area contributed by atoms with Crippen LogP contribution >= 0.6 is 12.4 Å². The van der Waals surface area contributed by atoms with Gasteiger partial charge in [0.1, 0.15) is 0 Å². The Kier molecular flexibility index (Phi) is 4.54. The molecule has 1 aromatic heterocycles. The maximum absolute atomic E-state index is 4.99. The van der Waals surface area contributed by atoms with Crippen molar-refractivity contribution in [3.63, 3.8) is 0 Å². The fraction of sp³-hybridized carbons (Fsp3) is 0.591. The van der Waals surface area contributed by atoms with Gasteiger partial charge >= 0.3 is 0 Å². The second kappa shape index (κ2) is 6.60. The summed E-state index contributed by atoms with van der Waals surface area (Å²) in [5, 5.41) is 3.90. The molecule has 140 valence electrons. The molecule has 4 bridgehead atoms. The van der Waals surface area contributed by atoms with Gasteiger partial charge in [0.25, 0.3) is 0 Å². The predicted molar refractivity (Wildman–Crippen MR) is 110 cm³/mol. The molecule has 5 aliphatic rings. The Morgan fingerprint density at radius 3 is 2.38 bits per heavy atom. The van der Waals surface area contributed by atoms with E-state index in [0.717, 1.165) is 41.3 Å². The highest BCUT2D eigenvalue weighted by Gasteiger charge is 2.50. The molecule has 2 heterocycles. The largest absolute Gasteiger partial charge is 0.384 e. The lowest BCUT2D eigenvalue weighted by Gasteiger charge is -2.57. The Morgan fingerprint density at radius 1 is 1.19 bits per heavy atom. The van der Waals surface area contributed by atoms with Crippen LogP contribution in [0.5, 0.6) is 0 Å². The maximum Gasteiger partial charge on any atom is 0.0907 e. The van der Waals surface area contributed by atoms with Gasteiger partial charge in [-0.15, -0.1) is 12.4 Å². The molecule has 0 amide bonds. The number of hydrogen-bond donors (Lipinski definition) is 2. The van der Waals surface area contributed by atoms with Crippen LogP contribution in [0.4, 0.5) is 0 Å². The normalized spacial score (nSPS) is 36.5. The third-order valence-electron chi connectivity index (χ3n) is 7.11. The highest BCUT2D eigenvalue weighted by Crippen LogP contribution is 2.55. The molecule has 26 heavy (non-hydrogen) atoms. The lowest BCUT2D eigenvalue weighted by molar-refractivity contribution is -0.0130. The quantitative estimate of drug-likeness (QED) is 0.734. The van der Waals surface area contributed by atoms with E-state index in [1.54, 1.807) is 0 Å². The van der Waals surface area contributed by atoms with Crippen molar-refractivity contribution in [2.75, 3.05) is 0 Å². The summed E-state index contributed by atoms with van der Waals surface area (Å²) in [6.07, 6.45) is 13.9. The van der Waals surface area contributed by atoms with Gasteiger partial charge < -0.3 is 10.3 Å². The smallest absolute Gasteiger partial charge is 0.0907 e. The second-order valence-electron chi connectivity index (χ2n) is 8.87. The van der Waals surface area contributed by atoms with Gasteiger partial charge in [0.05, 0.1) is 17.1 Å². The van der Waals surface area contributed by atoms with Crippen LogP contribution < -0.4 is 5.32 Å². The molecule has 4 saturated carbocycles. The van der Waals surface area contributed by atoms with Crippen LogP contribution in [0.1, 0.15) is 64.5 Å². The average Bonchev–Trinajstić information content (AvgIpc) is 3.19. The summed E-state index contributed by atoms with van der Waals surface area (Å²) in [6.45, 7) is 4.46. The van der Waals surface area contributed by atoms with Crippen molar-refractivity contribution >= 4 is 18.1 Å². The number of nitrogens with one attached hydrogen (secondary N) is 2. The fourth-order valence-electron chi connectivity index (χ4n) is 6.39. The summed E-state index contributed by atoms with van der Waals surface area (Å²) in [6, 6.07) is 4.17. The molecular weight excluding hydrogens is 342 g/mol. The summed E-state index contributed by atoms with van der Waals surface area (Å²) in [7, 11) is 0. The Balaban J connectivity index is 0.00000168. The van der Waals surface area contributed by atoms with Gasteiger partial charge in [-0.05, 0) is 92.9 Å². The number of aromatic nitrogens is 1. The van der Waals surface area contributed by atoms with E-state index in [0.29, 0.717) is 5.54 Å². The van der Waals surface area contributed by atoms with Gasteiger partial charge in [-0.2, -0.15) is 0 Å². The molecule has 1 aromatic rings. The standard InChI is InChI=1S/C22H29N3.ClH/c1-3-18-14(2)20(25-21(18)19-5-4-6-23-19)13-24-22-10-15-7-16(11-22)9-17(8-15)12-22;/h4-6,13,15-17,23-24H,3,7-12H2,1-2H3;1H. The van der Waals surface area contributed by atoms with Gasteiger partial charge in [0.2, 0.25) is 0 Å². The van der Waals surface area contributed by atoms with E-state index in [2.05, 4.69) is 42.5 Å². The molecule has 0 atom stereocenters. The molecule has 4 fully saturated rings. The van der Waals surface area contributed by atoms with Crippen LogP contribution in [0.3, 0.4) is 0 Å². The van der Waals surface area contributed by atoms with Crippen molar-refractivity contribution in [3.05, 3.63) is 47.1 Å². The number of hydrogen-bond acceptors (Lipinski definition) is 2. The van der Waals surface area contributed by atoms with Crippen LogP contribution in [0.25, 0.3) is 0 Å². The van der Waals surface area contributed by atoms with Gasteiger partial charge in [-0.1, -0.05) is 6.92 Å². The SMILES string of the molecule is CCC1=C(C)C(=CNC23CC4CC(CC(C4)C2)C3)N=C1c1ccc[nH]1.Cl. The van der Waals surface area contributed by atoms with E-state index >= 15 is 0 Å². The lowest BCUT2D eigenvalue weighted by Crippen LogP contribution is -2.57. The number of halogens is 1. The first-order valence-electron chi connectivity index (χ1n) is 10.1. The van der Waals surface area contributed by atoms with Crippen molar-refractivity contribution in [1.29, 1.82) is 0 Å². The van der Waals surface area contributed by atoms with Crippen molar-refractivity contribution < 1.29 is 0 Å². The maximum atomic E-state index is 4.99. The van der Waals surface area contributed by atoms with Gasteiger partial charge in [-0.3, -0.25) is 0 Å². The minimum atomic E-state index is 0. The third kappa shape index (κ3) is 2.85. The number of aliphatic imine (C=N–C) groups is 1. The molecule has 0 aromatic carbocycles. The summed E-state index contributed by atoms with van der Waals surface area (Å²) < 4.78 is 0. The number of H-pyrrole nitrogens is 1. The van der Waals surface area contributed by atoms with E-state index in [4.69, 9.17) is 4.99 Å². The monoisotopic (exact) mass is 371 g/mol. The fourth-order valence-corrected chi connectivity index (χ4v) is 6.39. The zero-order valence-electron chi connectivity index (χ0n) is 15.8. The van der Waals surface area contributed by atoms with Crippen molar-refractivity contribution in [2.45, 2.75) is 64.3 Å². The number of rotatable bonds is 4. The summed E-state index contributed by atoms with van der Waals surface area (Å²) >= 11 is 0. The van der Waals surface area contributed by atoms with Crippen LogP contribution in [0.15, 0.2) is 46.4 Å². The van der Waals surface area contributed by atoms with Crippen LogP contribution in [-0.4, -0.2) is 16.2 Å². The van der Waals surface area contributed by atoms with Gasteiger partial charge in [-0.25, -0.2) is 4.99 Å². The number of allylic oxidation sites excluding steroid dienone is 2. The number of nitrogens with zero attached hydrogens (tertiary/aromatic N) is 1. The van der Waals surface area contributed by atoms with E-state index < -0.39 is 0 Å². The second-order valence-corrected chi connectivity index (χ2v) is 8.87. The van der Waals surface area contributed by atoms with E-state index in [1.807, 2.05) is 6.20 Å². The Morgan fingerprint density at radius 2 is 1.85 bits per heavy atom. The molecule has 4 heteroatoms. The molecule has 0 saturated heterocycles. The zero-order chi connectivity index (χ0) is 17.0. The topological polar surface area (TPSA) is 40.2 Å². The highest BCUT2D eigenvalue weighted by molar-refractivity contribution is 6.14. The molecule has 4 aliphatic carbocycles. The number of aromatic amines is 1. The van der Waals surface area contributed by atoms with Crippen molar-refractivity contribution in [2.24, 2.45) is 22.7 Å². The summed E-state index contributed by atoms with van der Waals surface area (Å²) in [4.78, 5) is 8.31. The average molecular weight is 372 g/mol. The van der Waals surface area contributed by atoms with Gasteiger partial charge in [0, 0.05) is 17.9 Å². The first-order valence-corrected chi connectivity index (χ1v) is 10.1. The Bertz CT molecular complexity index is 734. The van der Waals surface area contributed by atoms with Crippen molar-refractivity contribution in [3.8, 4) is 0 Å². The first kappa shape index (κ1) is 17.9. The lowest BCUT2D eigenvalue weighted by atomic mass is 9.53. The molecule has 0 spiro atoms. The Labute approximate surface area is 162 Å². The molecule has 0 unspecified atom stereocenters.